The molecule has 0 fully saturated rings. The Morgan fingerprint density at radius 1 is 0.868 bits per heavy atom. The molecule has 198 valence electrons. The topological polar surface area (TPSA) is 79.4 Å². The highest BCUT2D eigenvalue weighted by molar-refractivity contribution is 6.28. The van der Waals surface area contributed by atoms with Crippen LogP contribution in [-0.2, 0) is 15.7 Å². The monoisotopic (exact) mass is 527 g/mol. The third-order valence-corrected chi connectivity index (χ3v) is 5.91. The molecule has 1 atom stereocenters. The molecule has 11 heteroatoms. The molecule has 8 nitrogen and oxygen atoms in total. The standard InChI is InChI=1S/C27H24F3N3O5/c1-4-31-22-15-10-18(27(28,29)30)16-23(22)32(19-8-6-5-7-9-19)26(36)33(25(31)35)20-11-13-21(14-12-20)38-17(2)24(34)37-3/h5-17H,4H2,1-3H3/t17-/m0/s1. The summed E-state index contributed by atoms with van der Waals surface area (Å²) in [5, 5.41) is 0. The number of carbonyl (C=O) groups excluding carboxylic acids is 3. The van der Waals surface area contributed by atoms with Gasteiger partial charge in [0.1, 0.15) is 5.75 Å². The fraction of sp³-hybridized carbons (Fsp3) is 0.222. The summed E-state index contributed by atoms with van der Waals surface area (Å²) >= 11 is 0. The van der Waals surface area contributed by atoms with Crippen molar-refractivity contribution in [3.05, 3.63) is 78.4 Å². The molecule has 0 saturated heterocycles. The van der Waals surface area contributed by atoms with Crippen molar-refractivity contribution in [2.75, 3.05) is 28.4 Å². The first-order chi connectivity index (χ1) is 18.1. The number of ether oxygens (including phenoxy) is 2. The van der Waals surface area contributed by atoms with E-state index in [2.05, 4.69) is 4.74 Å². The molecular formula is C27H24F3N3O5. The van der Waals surface area contributed by atoms with Crippen LogP contribution in [0.1, 0.15) is 19.4 Å². The number of rotatable bonds is 6. The minimum absolute atomic E-state index is 0.0828. The maximum Gasteiger partial charge on any atom is 0.416 e. The Labute approximate surface area is 216 Å². The van der Waals surface area contributed by atoms with Gasteiger partial charge in [0.15, 0.2) is 6.10 Å². The van der Waals surface area contributed by atoms with E-state index in [0.717, 1.165) is 21.9 Å². The predicted molar refractivity (Wildman–Crippen MR) is 135 cm³/mol. The summed E-state index contributed by atoms with van der Waals surface area (Å²) < 4.78 is 51.1. The van der Waals surface area contributed by atoms with Gasteiger partial charge in [0.05, 0.1) is 35.4 Å². The van der Waals surface area contributed by atoms with Gasteiger partial charge in [0.25, 0.3) is 0 Å². The number of halogens is 3. The number of anilines is 4. The van der Waals surface area contributed by atoms with E-state index >= 15 is 0 Å². The maximum absolute atomic E-state index is 14.0. The van der Waals surface area contributed by atoms with E-state index in [4.69, 9.17) is 4.74 Å². The van der Waals surface area contributed by atoms with Gasteiger partial charge in [-0.3, -0.25) is 9.80 Å². The second kappa shape index (κ2) is 10.4. The number of nitrogens with zero attached hydrogens (tertiary/aromatic N) is 3. The summed E-state index contributed by atoms with van der Waals surface area (Å²) in [6.45, 7) is 3.25. The van der Waals surface area contributed by atoms with E-state index in [1.54, 1.807) is 37.3 Å². The number of urea groups is 2. The lowest BCUT2D eigenvalue weighted by Crippen LogP contribution is -2.48. The number of benzene rings is 3. The van der Waals surface area contributed by atoms with Crippen molar-refractivity contribution in [3.8, 4) is 5.75 Å². The normalized spacial score (nSPS) is 14.6. The number of methoxy groups -OCH3 is 1. The van der Waals surface area contributed by atoms with Crippen LogP contribution in [0, 0.1) is 0 Å². The first-order valence-electron chi connectivity index (χ1n) is 11.6. The van der Waals surface area contributed by atoms with Crippen LogP contribution in [0.2, 0.25) is 0 Å². The number of hydrogen-bond donors (Lipinski definition) is 0. The molecular weight excluding hydrogens is 503 g/mol. The third-order valence-electron chi connectivity index (χ3n) is 5.91. The summed E-state index contributed by atoms with van der Waals surface area (Å²) in [5.41, 5.74) is -0.456. The zero-order valence-corrected chi connectivity index (χ0v) is 20.7. The van der Waals surface area contributed by atoms with Crippen LogP contribution in [0.3, 0.4) is 0 Å². The molecule has 4 amide bonds. The van der Waals surface area contributed by atoms with Crippen LogP contribution < -0.4 is 19.4 Å². The number of hydrogen-bond acceptors (Lipinski definition) is 5. The lowest BCUT2D eigenvalue weighted by atomic mass is 10.1. The van der Waals surface area contributed by atoms with Crippen LogP contribution in [0.5, 0.6) is 5.75 Å². The third kappa shape index (κ3) is 4.99. The van der Waals surface area contributed by atoms with Crippen LogP contribution in [0.25, 0.3) is 0 Å². The highest BCUT2D eigenvalue weighted by atomic mass is 19.4. The van der Waals surface area contributed by atoms with E-state index in [9.17, 15) is 27.6 Å². The van der Waals surface area contributed by atoms with E-state index in [-0.39, 0.29) is 35.0 Å². The molecule has 38 heavy (non-hydrogen) atoms. The molecule has 0 bridgehead atoms. The largest absolute Gasteiger partial charge is 0.479 e. The van der Waals surface area contributed by atoms with Gasteiger partial charge in [-0.1, -0.05) is 18.2 Å². The van der Waals surface area contributed by atoms with Crippen molar-refractivity contribution in [2.45, 2.75) is 26.1 Å². The first-order valence-corrected chi connectivity index (χ1v) is 11.6. The Hall–Kier alpha value is -4.54. The van der Waals surface area contributed by atoms with Gasteiger partial charge < -0.3 is 9.47 Å². The molecule has 4 rings (SSSR count). The zero-order valence-electron chi connectivity index (χ0n) is 20.7. The van der Waals surface area contributed by atoms with Crippen LogP contribution in [0.15, 0.2) is 72.8 Å². The lowest BCUT2D eigenvalue weighted by molar-refractivity contribution is -0.148. The summed E-state index contributed by atoms with van der Waals surface area (Å²) in [4.78, 5) is 42.5. The highest BCUT2D eigenvalue weighted by Crippen LogP contribution is 2.43. The van der Waals surface area contributed by atoms with Gasteiger partial charge in [-0.05, 0) is 68.4 Å². The molecule has 0 unspecified atom stereocenters. The van der Waals surface area contributed by atoms with Crippen molar-refractivity contribution in [2.24, 2.45) is 0 Å². The zero-order chi connectivity index (χ0) is 27.6. The molecule has 0 spiro atoms. The van der Waals surface area contributed by atoms with Crippen LogP contribution in [0.4, 0.5) is 45.5 Å². The number of alkyl halides is 3. The predicted octanol–water partition coefficient (Wildman–Crippen LogP) is 6.37. The van der Waals surface area contributed by atoms with Gasteiger partial charge in [-0.25, -0.2) is 19.3 Å². The Morgan fingerprint density at radius 3 is 2.08 bits per heavy atom. The summed E-state index contributed by atoms with van der Waals surface area (Å²) in [6.07, 6.45) is -5.56. The van der Waals surface area contributed by atoms with E-state index < -0.39 is 35.9 Å². The molecule has 1 aliphatic rings. The summed E-state index contributed by atoms with van der Waals surface area (Å²) in [5.74, 6) is -0.299. The SMILES string of the molecule is CCN1C(=O)N(c2ccc(O[C@@H](C)C(=O)OC)cc2)C(=O)N(c2ccccc2)c2cc(C(F)(F)F)ccc21. The van der Waals surface area contributed by atoms with Gasteiger partial charge in [0.2, 0.25) is 0 Å². The maximum atomic E-state index is 14.0. The van der Waals surface area contributed by atoms with Gasteiger partial charge >= 0.3 is 24.2 Å². The Bertz CT molecular complexity index is 1350. The number of amides is 4. The minimum Gasteiger partial charge on any atom is -0.479 e. The molecule has 1 aliphatic heterocycles. The number of para-hydroxylation sites is 1. The molecule has 0 saturated carbocycles. The van der Waals surface area contributed by atoms with Crippen molar-refractivity contribution in [1.29, 1.82) is 0 Å². The fourth-order valence-electron chi connectivity index (χ4n) is 4.06. The number of esters is 1. The molecule has 0 N–H and O–H groups in total. The van der Waals surface area contributed by atoms with Gasteiger partial charge in [-0.2, -0.15) is 13.2 Å². The molecule has 0 aliphatic carbocycles. The molecule has 1 heterocycles. The smallest absolute Gasteiger partial charge is 0.416 e. The second-order valence-corrected chi connectivity index (χ2v) is 8.29. The van der Waals surface area contributed by atoms with Crippen molar-refractivity contribution in [1.82, 2.24) is 0 Å². The quantitative estimate of drug-likeness (QED) is 0.348. The lowest BCUT2D eigenvalue weighted by Gasteiger charge is -2.27. The minimum atomic E-state index is -4.66. The molecule has 0 aromatic heterocycles. The van der Waals surface area contributed by atoms with Gasteiger partial charge in [-0.15, -0.1) is 0 Å². The molecule has 3 aromatic carbocycles. The van der Waals surface area contributed by atoms with Gasteiger partial charge in [0, 0.05) is 6.54 Å². The first kappa shape index (κ1) is 26.5. The van der Waals surface area contributed by atoms with Crippen molar-refractivity contribution < 1.29 is 37.0 Å². The molecule has 3 aromatic rings. The average molecular weight is 527 g/mol. The summed E-state index contributed by atoms with van der Waals surface area (Å²) in [7, 11) is 1.23. The molecule has 0 radical (unpaired) electrons. The van der Waals surface area contributed by atoms with E-state index in [0.29, 0.717) is 0 Å². The van der Waals surface area contributed by atoms with Crippen LogP contribution >= 0.6 is 0 Å². The van der Waals surface area contributed by atoms with E-state index in [1.165, 1.54) is 49.3 Å². The van der Waals surface area contributed by atoms with Crippen molar-refractivity contribution in [3.63, 3.8) is 0 Å². The number of imide groups is 1. The Balaban J connectivity index is 1.83. The Morgan fingerprint density at radius 2 is 1.50 bits per heavy atom. The Kier molecular flexibility index (Phi) is 7.29. The van der Waals surface area contributed by atoms with Crippen molar-refractivity contribution >= 4 is 40.8 Å². The van der Waals surface area contributed by atoms with Crippen LogP contribution in [-0.4, -0.2) is 37.8 Å². The van der Waals surface area contributed by atoms with E-state index in [1.807, 2.05) is 0 Å². The fourth-order valence-corrected chi connectivity index (χ4v) is 4.06. The summed E-state index contributed by atoms with van der Waals surface area (Å²) in [6, 6.07) is 15.3. The highest BCUT2D eigenvalue weighted by Gasteiger charge is 2.41. The number of fused-ring (bicyclic) bond motifs is 1. The second-order valence-electron chi connectivity index (χ2n) is 8.29. The number of carbonyl (C=O) groups is 3. The average Bonchev–Trinajstić information content (AvgIpc) is 2.99.